The van der Waals surface area contributed by atoms with Crippen LogP contribution in [0.1, 0.15) is 31.5 Å². The Morgan fingerprint density at radius 3 is 2.83 bits per heavy atom. The van der Waals surface area contributed by atoms with Crippen molar-refractivity contribution in [3.63, 3.8) is 0 Å². The van der Waals surface area contributed by atoms with Gasteiger partial charge in [-0.3, -0.25) is 4.90 Å². The molecule has 1 saturated carbocycles. The molecule has 18 heavy (non-hydrogen) atoms. The van der Waals surface area contributed by atoms with E-state index < -0.39 is 0 Å². The van der Waals surface area contributed by atoms with E-state index in [9.17, 15) is 5.11 Å². The third-order valence-electron chi connectivity index (χ3n) is 3.85. The summed E-state index contributed by atoms with van der Waals surface area (Å²) in [5.41, 5.74) is 0. The predicted molar refractivity (Wildman–Crippen MR) is 72.5 cm³/mol. The highest BCUT2D eigenvalue weighted by molar-refractivity contribution is 6.29. The Balaban J connectivity index is 1.88. The van der Waals surface area contributed by atoms with E-state index in [1.54, 1.807) is 6.20 Å². The van der Waals surface area contributed by atoms with Gasteiger partial charge in [0, 0.05) is 13.6 Å². The number of rotatable bonds is 4. The molecule has 5 heteroatoms. The van der Waals surface area contributed by atoms with Crippen molar-refractivity contribution in [2.45, 2.75) is 38.3 Å². The fourth-order valence-corrected chi connectivity index (χ4v) is 2.82. The molecule has 1 heterocycles. The maximum atomic E-state index is 9.97. The average molecular weight is 272 g/mol. The summed E-state index contributed by atoms with van der Waals surface area (Å²) >= 11 is 5.97. The van der Waals surface area contributed by atoms with Crippen molar-refractivity contribution < 1.29 is 5.11 Å². The summed E-state index contributed by atoms with van der Waals surface area (Å²) in [7, 11) is 4.00. The van der Waals surface area contributed by atoms with Gasteiger partial charge >= 0.3 is 0 Å². The summed E-state index contributed by atoms with van der Waals surface area (Å²) in [6.45, 7) is 1.69. The SMILES string of the molecule is CN(Cc1ncc(Cl)n1C)CC1CCCCC1O. The standard InChI is InChI=1S/C13H22ClN3O/c1-16(8-10-5-3-4-6-11(10)18)9-13-15-7-12(14)17(13)2/h7,10-11,18H,3-6,8-9H2,1-2H3. The molecule has 2 rings (SSSR count). The van der Waals surface area contributed by atoms with Gasteiger partial charge in [0.1, 0.15) is 11.0 Å². The number of halogens is 1. The van der Waals surface area contributed by atoms with Crippen LogP contribution < -0.4 is 0 Å². The monoisotopic (exact) mass is 271 g/mol. The number of hydrogen-bond acceptors (Lipinski definition) is 3. The lowest BCUT2D eigenvalue weighted by atomic mass is 9.86. The number of nitrogens with zero attached hydrogens (tertiary/aromatic N) is 3. The van der Waals surface area contributed by atoms with E-state index in [-0.39, 0.29) is 6.10 Å². The van der Waals surface area contributed by atoms with Crippen LogP contribution in [0.25, 0.3) is 0 Å². The van der Waals surface area contributed by atoms with Gasteiger partial charge in [0.05, 0.1) is 18.8 Å². The Bertz CT molecular complexity index is 394. The van der Waals surface area contributed by atoms with Gasteiger partial charge in [0.25, 0.3) is 0 Å². The maximum Gasteiger partial charge on any atom is 0.128 e. The quantitative estimate of drug-likeness (QED) is 0.911. The molecular formula is C13H22ClN3O. The summed E-state index contributed by atoms with van der Waals surface area (Å²) in [4.78, 5) is 6.51. The van der Waals surface area contributed by atoms with Crippen LogP contribution in [0.3, 0.4) is 0 Å². The maximum absolute atomic E-state index is 9.97. The molecule has 1 aromatic heterocycles. The van der Waals surface area contributed by atoms with E-state index in [1.807, 2.05) is 11.6 Å². The Hall–Kier alpha value is -0.580. The van der Waals surface area contributed by atoms with Crippen molar-refractivity contribution in [2.75, 3.05) is 13.6 Å². The number of imidazole rings is 1. The molecule has 1 aliphatic rings. The van der Waals surface area contributed by atoms with Gasteiger partial charge in [-0.15, -0.1) is 0 Å². The largest absolute Gasteiger partial charge is 0.393 e. The molecule has 0 aliphatic heterocycles. The highest BCUT2D eigenvalue weighted by Gasteiger charge is 2.24. The Kier molecular flexibility index (Phi) is 4.65. The Labute approximate surface area is 114 Å². The van der Waals surface area contributed by atoms with Crippen molar-refractivity contribution in [1.82, 2.24) is 14.5 Å². The van der Waals surface area contributed by atoms with E-state index in [1.165, 1.54) is 6.42 Å². The number of hydrogen-bond donors (Lipinski definition) is 1. The van der Waals surface area contributed by atoms with Crippen LogP contribution in [0, 0.1) is 5.92 Å². The molecule has 0 amide bonds. The van der Waals surface area contributed by atoms with Crippen molar-refractivity contribution in [3.8, 4) is 0 Å². The lowest BCUT2D eigenvalue weighted by Crippen LogP contribution is -2.35. The van der Waals surface area contributed by atoms with Gasteiger partial charge in [-0.2, -0.15) is 0 Å². The van der Waals surface area contributed by atoms with Crippen LogP contribution in [0.4, 0.5) is 0 Å². The first-order valence-corrected chi connectivity index (χ1v) is 6.98. The second kappa shape index (κ2) is 6.04. The number of aliphatic hydroxyl groups is 1. The molecule has 0 spiro atoms. The van der Waals surface area contributed by atoms with E-state index in [0.29, 0.717) is 11.1 Å². The first-order chi connectivity index (χ1) is 8.58. The van der Waals surface area contributed by atoms with Crippen LogP contribution in [0.15, 0.2) is 6.20 Å². The third-order valence-corrected chi connectivity index (χ3v) is 4.21. The Morgan fingerprint density at radius 2 is 2.22 bits per heavy atom. The Morgan fingerprint density at radius 1 is 1.50 bits per heavy atom. The van der Waals surface area contributed by atoms with Gasteiger partial charge in [-0.05, 0) is 25.8 Å². The first-order valence-electron chi connectivity index (χ1n) is 6.60. The summed E-state index contributed by atoms with van der Waals surface area (Å²) in [5.74, 6) is 1.37. The molecule has 4 nitrogen and oxygen atoms in total. The molecule has 1 N–H and O–H groups in total. The highest BCUT2D eigenvalue weighted by Crippen LogP contribution is 2.25. The second-order valence-electron chi connectivity index (χ2n) is 5.36. The minimum Gasteiger partial charge on any atom is -0.393 e. The van der Waals surface area contributed by atoms with Crippen molar-refractivity contribution in [1.29, 1.82) is 0 Å². The second-order valence-corrected chi connectivity index (χ2v) is 5.75. The fourth-order valence-electron chi connectivity index (χ4n) is 2.68. The normalized spacial score (nSPS) is 24.7. The minimum atomic E-state index is -0.133. The lowest BCUT2D eigenvalue weighted by Gasteiger charge is -2.31. The number of aromatic nitrogens is 2. The summed E-state index contributed by atoms with van der Waals surface area (Å²) in [6, 6.07) is 0. The van der Waals surface area contributed by atoms with Gasteiger partial charge in [0.15, 0.2) is 0 Å². The van der Waals surface area contributed by atoms with Crippen molar-refractivity contribution in [3.05, 3.63) is 17.2 Å². The van der Waals surface area contributed by atoms with Crippen LogP contribution >= 0.6 is 11.6 Å². The van der Waals surface area contributed by atoms with E-state index in [4.69, 9.17) is 11.6 Å². The molecule has 2 atom stereocenters. The van der Waals surface area contributed by atoms with Crippen molar-refractivity contribution in [2.24, 2.45) is 13.0 Å². The lowest BCUT2D eigenvalue weighted by molar-refractivity contribution is 0.0496. The van der Waals surface area contributed by atoms with Crippen LogP contribution in [-0.4, -0.2) is 39.3 Å². The molecule has 0 aromatic carbocycles. The molecular weight excluding hydrogens is 250 g/mol. The van der Waals surface area contributed by atoms with Gasteiger partial charge in [-0.1, -0.05) is 24.4 Å². The van der Waals surface area contributed by atoms with Gasteiger partial charge < -0.3 is 9.67 Å². The van der Waals surface area contributed by atoms with E-state index >= 15 is 0 Å². The summed E-state index contributed by atoms with van der Waals surface area (Å²) < 4.78 is 1.90. The molecule has 1 aromatic rings. The number of aliphatic hydroxyl groups excluding tert-OH is 1. The molecule has 102 valence electrons. The van der Waals surface area contributed by atoms with E-state index in [2.05, 4.69) is 16.9 Å². The summed E-state index contributed by atoms with van der Waals surface area (Å²) in [5, 5.41) is 10.6. The average Bonchev–Trinajstić information content (AvgIpc) is 2.64. The van der Waals surface area contributed by atoms with Crippen LogP contribution in [0.2, 0.25) is 5.15 Å². The molecule has 0 bridgehead atoms. The molecule has 1 aliphatic carbocycles. The molecule has 1 fully saturated rings. The molecule has 2 unspecified atom stereocenters. The smallest absolute Gasteiger partial charge is 0.128 e. The van der Waals surface area contributed by atoms with Crippen LogP contribution in [0.5, 0.6) is 0 Å². The topological polar surface area (TPSA) is 41.3 Å². The third kappa shape index (κ3) is 3.25. The van der Waals surface area contributed by atoms with Gasteiger partial charge in [0.2, 0.25) is 0 Å². The van der Waals surface area contributed by atoms with E-state index in [0.717, 1.165) is 38.2 Å². The minimum absolute atomic E-state index is 0.133. The van der Waals surface area contributed by atoms with Crippen molar-refractivity contribution >= 4 is 11.6 Å². The zero-order chi connectivity index (χ0) is 13.1. The predicted octanol–water partition coefficient (Wildman–Crippen LogP) is 2.06. The molecule has 0 radical (unpaired) electrons. The first kappa shape index (κ1) is 13.8. The zero-order valence-electron chi connectivity index (χ0n) is 11.1. The molecule has 0 saturated heterocycles. The highest BCUT2D eigenvalue weighted by atomic mass is 35.5. The van der Waals surface area contributed by atoms with Gasteiger partial charge in [-0.25, -0.2) is 4.98 Å². The van der Waals surface area contributed by atoms with Crippen LogP contribution in [-0.2, 0) is 13.6 Å². The summed E-state index contributed by atoms with van der Waals surface area (Å²) in [6.07, 6.45) is 6.03. The zero-order valence-corrected chi connectivity index (χ0v) is 11.9. The fraction of sp³-hybridized carbons (Fsp3) is 0.769.